The summed E-state index contributed by atoms with van der Waals surface area (Å²) in [5.41, 5.74) is 2.89. The van der Waals surface area contributed by atoms with Crippen LogP contribution in [0.5, 0.6) is 0 Å². The van der Waals surface area contributed by atoms with Crippen LogP contribution in [0.3, 0.4) is 0 Å². The molecule has 0 saturated heterocycles. The minimum Gasteiger partial charge on any atom is -0.361 e. The Labute approximate surface area is 203 Å². The van der Waals surface area contributed by atoms with Gasteiger partial charge in [-0.3, -0.25) is 4.99 Å². The number of allylic oxidation sites excluding steroid dienone is 9. The third-order valence-corrected chi connectivity index (χ3v) is 11.6. The zero-order valence-electron chi connectivity index (χ0n) is 19.2. The summed E-state index contributed by atoms with van der Waals surface area (Å²) in [6.07, 6.45) is 29.1. The third-order valence-electron chi connectivity index (χ3n) is 7.96. The molecule has 3 nitrogen and oxygen atoms in total. The van der Waals surface area contributed by atoms with Crippen LogP contribution in [0.4, 0.5) is 0 Å². The average Bonchev–Trinajstić information content (AvgIpc) is 2.92. The van der Waals surface area contributed by atoms with E-state index in [0.29, 0.717) is 18.1 Å². The van der Waals surface area contributed by atoms with Crippen LogP contribution in [0.15, 0.2) is 119 Å². The molecule has 168 valence electrons. The molecule has 1 aromatic rings. The van der Waals surface area contributed by atoms with Gasteiger partial charge in [-0.2, -0.15) is 5.26 Å². The molecular formula is C30H29N3Si. The second kappa shape index (κ2) is 9.08. The minimum atomic E-state index is -1.44. The number of hydrogen-bond donors (Lipinski definition) is 0. The Morgan fingerprint density at radius 2 is 1.76 bits per heavy atom. The van der Waals surface area contributed by atoms with E-state index in [2.05, 4.69) is 107 Å². The zero-order chi connectivity index (χ0) is 22.9. The Morgan fingerprint density at radius 3 is 2.62 bits per heavy atom. The fourth-order valence-corrected chi connectivity index (χ4v) is 10.4. The lowest BCUT2D eigenvalue weighted by Gasteiger charge is -2.53. The Bertz CT molecular complexity index is 1240. The largest absolute Gasteiger partial charge is 0.361 e. The van der Waals surface area contributed by atoms with E-state index in [1.807, 2.05) is 6.08 Å². The molecule has 6 atom stereocenters. The van der Waals surface area contributed by atoms with Crippen LogP contribution in [0.2, 0.25) is 5.54 Å². The second-order valence-electron chi connectivity index (χ2n) is 9.67. The number of aliphatic imine (C=N–C) groups is 1. The molecule has 34 heavy (non-hydrogen) atoms. The highest BCUT2D eigenvalue weighted by molar-refractivity contribution is 6.82. The number of rotatable bonds is 3. The summed E-state index contributed by atoms with van der Waals surface area (Å²) in [5.74, 6) is 0.345. The number of dihydropyridines is 1. The van der Waals surface area contributed by atoms with Crippen LogP contribution in [-0.2, 0) is 0 Å². The van der Waals surface area contributed by atoms with E-state index in [1.54, 1.807) is 11.4 Å². The molecule has 0 bridgehead atoms. The smallest absolute Gasteiger partial charge is 0.114 e. The molecule has 4 heteroatoms. The van der Waals surface area contributed by atoms with Gasteiger partial charge in [-0.05, 0) is 24.1 Å². The van der Waals surface area contributed by atoms with Crippen molar-refractivity contribution in [2.75, 3.05) is 6.54 Å². The van der Waals surface area contributed by atoms with Gasteiger partial charge < -0.3 is 4.90 Å². The number of nitriles is 1. The van der Waals surface area contributed by atoms with E-state index in [0.717, 1.165) is 18.4 Å². The van der Waals surface area contributed by atoms with Crippen LogP contribution in [0.1, 0.15) is 12.8 Å². The Hall–Kier alpha value is -3.42. The summed E-state index contributed by atoms with van der Waals surface area (Å²) < 4.78 is 0. The molecule has 0 saturated carbocycles. The fourth-order valence-electron chi connectivity index (χ4n) is 6.50. The van der Waals surface area contributed by atoms with Gasteiger partial charge in [0, 0.05) is 41.4 Å². The van der Waals surface area contributed by atoms with Crippen molar-refractivity contribution in [1.82, 2.24) is 4.90 Å². The molecule has 0 aromatic heterocycles. The first kappa shape index (κ1) is 21.1. The highest BCUT2D eigenvalue weighted by Gasteiger charge is 2.46. The maximum Gasteiger partial charge on any atom is 0.114 e. The predicted octanol–water partition coefficient (Wildman–Crippen LogP) is 4.71. The molecule has 1 aromatic carbocycles. The minimum absolute atomic E-state index is 0.120. The second-order valence-corrected chi connectivity index (χ2v) is 12.7. The van der Waals surface area contributed by atoms with E-state index >= 15 is 0 Å². The van der Waals surface area contributed by atoms with Gasteiger partial charge in [-0.1, -0.05) is 96.3 Å². The van der Waals surface area contributed by atoms with Gasteiger partial charge in [0.1, 0.15) is 8.80 Å². The lowest BCUT2D eigenvalue weighted by Crippen LogP contribution is -2.57. The highest BCUT2D eigenvalue weighted by atomic mass is 28.3. The van der Waals surface area contributed by atoms with Crippen molar-refractivity contribution < 1.29 is 0 Å². The van der Waals surface area contributed by atoms with Crippen LogP contribution in [0, 0.1) is 23.2 Å². The summed E-state index contributed by atoms with van der Waals surface area (Å²) in [6, 6.07) is 14.2. The summed E-state index contributed by atoms with van der Waals surface area (Å²) in [7, 11) is -1.44. The van der Waals surface area contributed by atoms with Gasteiger partial charge in [0.2, 0.25) is 0 Å². The quantitative estimate of drug-likeness (QED) is 0.615. The zero-order valence-corrected chi connectivity index (χ0v) is 20.4. The van der Waals surface area contributed by atoms with Crippen molar-refractivity contribution in [3.05, 3.63) is 114 Å². The van der Waals surface area contributed by atoms with Gasteiger partial charge in [0.15, 0.2) is 0 Å². The Kier molecular flexibility index (Phi) is 5.64. The molecule has 6 unspecified atom stereocenters. The lowest BCUT2D eigenvalue weighted by molar-refractivity contribution is 0.174. The summed E-state index contributed by atoms with van der Waals surface area (Å²) in [6.45, 7) is 0.684. The molecular weight excluding hydrogens is 430 g/mol. The van der Waals surface area contributed by atoms with Gasteiger partial charge in [-0.25, -0.2) is 0 Å². The molecule has 6 rings (SSSR count). The standard InChI is InChI=1S/C30H29N3Si/c31-20-22-18-19-32-21-25(22)24-12-4-5-13-26(24)33-27-14-6-8-16-29(27)34(23-10-2-1-3-11-23)30-17-9-7-15-28(30)33/h1-6,8-14,16-19,24-27,29,34H,7,15,21H2. The van der Waals surface area contributed by atoms with Gasteiger partial charge in [0.25, 0.3) is 0 Å². The average molecular weight is 460 g/mol. The van der Waals surface area contributed by atoms with E-state index in [9.17, 15) is 5.26 Å². The monoisotopic (exact) mass is 459 g/mol. The molecule has 2 heterocycles. The van der Waals surface area contributed by atoms with Crippen LogP contribution >= 0.6 is 0 Å². The molecule has 0 amide bonds. The molecule has 2 aliphatic heterocycles. The molecule has 3 aliphatic carbocycles. The highest BCUT2D eigenvalue weighted by Crippen LogP contribution is 2.45. The third kappa shape index (κ3) is 3.52. The van der Waals surface area contributed by atoms with E-state index in [4.69, 9.17) is 0 Å². The molecule has 0 radical (unpaired) electrons. The van der Waals surface area contributed by atoms with E-state index < -0.39 is 8.80 Å². The maximum atomic E-state index is 9.86. The SMILES string of the molecule is N#CC1=CC=NCC1C1C=CC=CC1N1C2=C(C=CCC2)[SiH](c2ccccc2)C2C=CC=CC21. The maximum absolute atomic E-state index is 9.86. The van der Waals surface area contributed by atoms with Gasteiger partial charge in [-0.15, -0.1) is 0 Å². The first-order valence-electron chi connectivity index (χ1n) is 12.4. The number of nitrogens with zero attached hydrogens (tertiary/aromatic N) is 3. The topological polar surface area (TPSA) is 39.4 Å². The fraction of sp³-hybridized carbons (Fsp3) is 0.267. The number of benzene rings is 1. The Balaban J connectivity index is 1.48. The molecule has 5 aliphatic rings. The van der Waals surface area contributed by atoms with Crippen LogP contribution < -0.4 is 5.19 Å². The van der Waals surface area contributed by atoms with E-state index in [-0.39, 0.29) is 17.9 Å². The molecule has 0 N–H and O–H groups in total. The van der Waals surface area contributed by atoms with Crippen LogP contribution in [0.25, 0.3) is 0 Å². The normalized spacial score (nSPS) is 33.4. The van der Waals surface area contributed by atoms with Crippen molar-refractivity contribution in [2.24, 2.45) is 16.8 Å². The van der Waals surface area contributed by atoms with E-state index in [1.165, 1.54) is 10.9 Å². The van der Waals surface area contributed by atoms with Crippen molar-refractivity contribution >= 4 is 20.2 Å². The number of fused-ring (bicyclic) bond motifs is 1. The Morgan fingerprint density at radius 1 is 0.971 bits per heavy atom. The lowest BCUT2D eigenvalue weighted by atomic mass is 9.77. The first-order chi connectivity index (χ1) is 16.9. The van der Waals surface area contributed by atoms with Crippen LogP contribution in [-0.4, -0.2) is 38.5 Å². The van der Waals surface area contributed by atoms with Gasteiger partial charge in [0.05, 0.1) is 18.2 Å². The predicted molar refractivity (Wildman–Crippen MR) is 142 cm³/mol. The first-order valence-corrected chi connectivity index (χ1v) is 14.2. The molecule has 0 fully saturated rings. The molecule has 0 spiro atoms. The van der Waals surface area contributed by atoms with Crippen molar-refractivity contribution in [3.8, 4) is 6.07 Å². The van der Waals surface area contributed by atoms with Crippen molar-refractivity contribution in [2.45, 2.75) is 30.5 Å². The summed E-state index contributed by atoms with van der Waals surface area (Å²) >= 11 is 0. The summed E-state index contributed by atoms with van der Waals surface area (Å²) in [4.78, 5) is 7.29. The van der Waals surface area contributed by atoms with Crippen molar-refractivity contribution in [1.29, 1.82) is 5.26 Å². The van der Waals surface area contributed by atoms with Gasteiger partial charge >= 0.3 is 0 Å². The number of hydrogen-bond acceptors (Lipinski definition) is 3. The van der Waals surface area contributed by atoms with Crippen molar-refractivity contribution in [3.63, 3.8) is 0 Å². The summed E-state index contributed by atoms with van der Waals surface area (Å²) in [5, 5.41) is 13.0.